The molecule has 0 bridgehead atoms. The van der Waals surface area contributed by atoms with E-state index < -0.39 is 10.0 Å². The molecule has 0 aromatic heterocycles. The van der Waals surface area contributed by atoms with E-state index in [9.17, 15) is 8.42 Å². The van der Waals surface area contributed by atoms with E-state index in [4.69, 9.17) is 5.73 Å². The van der Waals surface area contributed by atoms with Crippen molar-refractivity contribution in [1.29, 1.82) is 0 Å². The minimum absolute atomic E-state index is 0.282. The summed E-state index contributed by atoms with van der Waals surface area (Å²) < 4.78 is 26.8. The van der Waals surface area contributed by atoms with Crippen LogP contribution >= 0.6 is 0 Å². The molecule has 3 N–H and O–H groups in total. The van der Waals surface area contributed by atoms with Gasteiger partial charge in [0.15, 0.2) is 0 Å². The zero-order valence-electron chi connectivity index (χ0n) is 11.2. The molecule has 0 spiro atoms. The van der Waals surface area contributed by atoms with E-state index in [1.165, 1.54) is 12.8 Å². The van der Waals surface area contributed by atoms with Crippen LogP contribution < -0.4 is 10.5 Å². The van der Waals surface area contributed by atoms with Crippen LogP contribution in [0.25, 0.3) is 0 Å². The van der Waals surface area contributed by atoms with Gasteiger partial charge in [-0.15, -0.1) is 0 Å². The van der Waals surface area contributed by atoms with Gasteiger partial charge < -0.3 is 10.6 Å². The second-order valence-corrected chi connectivity index (χ2v) is 6.73. The minimum Gasteiger partial charge on any atom is -0.326 e. The number of nitrogens with zero attached hydrogens (tertiary/aromatic N) is 1. The molecule has 0 saturated heterocycles. The van der Waals surface area contributed by atoms with E-state index in [-0.39, 0.29) is 4.90 Å². The highest BCUT2D eigenvalue weighted by Crippen LogP contribution is 2.24. The SMILES string of the molecule is CN(CCNS(=O)(=O)c1cccc(CN)c1)C1CC1. The normalized spacial score (nSPS) is 15.9. The van der Waals surface area contributed by atoms with Gasteiger partial charge in [-0.2, -0.15) is 0 Å². The maximum atomic E-state index is 12.1. The molecule has 0 aliphatic heterocycles. The Balaban J connectivity index is 1.93. The summed E-state index contributed by atoms with van der Waals surface area (Å²) in [6.07, 6.45) is 2.45. The van der Waals surface area contributed by atoms with Gasteiger partial charge in [-0.25, -0.2) is 13.1 Å². The van der Waals surface area contributed by atoms with Crippen molar-refractivity contribution in [1.82, 2.24) is 9.62 Å². The van der Waals surface area contributed by atoms with E-state index in [1.54, 1.807) is 18.2 Å². The van der Waals surface area contributed by atoms with Crippen LogP contribution in [-0.4, -0.2) is 39.5 Å². The average Bonchev–Trinajstić information content (AvgIpc) is 3.23. The number of rotatable bonds is 7. The minimum atomic E-state index is -3.43. The number of nitrogens with one attached hydrogen (secondary N) is 1. The van der Waals surface area contributed by atoms with Gasteiger partial charge in [0.1, 0.15) is 0 Å². The zero-order valence-corrected chi connectivity index (χ0v) is 12.0. The molecular weight excluding hydrogens is 262 g/mol. The first-order valence-corrected chi connectivity index (χ1v) is 8.00. The Morgan fingerprint density at radius 3 is 2.79 bits per heavy atom. The van der Waals surface area contributed by atoms with Gasteiger partial charge in [0.2, 0.25) is 10.0 Å². The predicted molar refractivity (Wildman–Crippen MR) is 75.2 cm³/mol. The fourth-order valence-electron chi connectivity index (χ4n) is 1.98. The Hall–Kier alpha value is -0.950. The van der Waals surface area contributed by atoms with Gasteiger partial charge in [0.25, 0.3) is 0 Å². The molecule has 19 heavy (non-hydrogen) atoms. The summed E-state index contributed by atoms with van der Waals surface area (Å²) in [6, 6.07) is 7.39. The van der Waals surface area contributed by atoms with Crippen molar-refractivity contribution < 1.29 is 8.42 Å². The van der Waals surface area contributed by atoms with E-state index in [0.717, 1.165) is 12.1 Å². The maximum Gasteiger partial charge on any atom is 0.240 e. The smallest absolute Gasteiger partial charge is 0.240 e. The molecule has 0 unspecified atom stereocenters. The molecule has 1 aliphatic carbocycles. The van der Waals surface area contributed by atoms with E-state index in [1.807, 2.05) is 13.1 Å². The summed E-state index contributed by atoms with van der Waals surface area (Å²) in [5.74, 6) is 0. The quantitative estimate of drug-likeness (QED) is 0.765. The molecule has 0 amide bonds. The van der Waals surface area contributed by atoms with Crippen molar-refractivity contribution in [2.24, 2.45) is 5.73 Å². The third-order valence-electron chi connectivity index (χ3n) is 3.37. The first-order valence-electron chi connectivity index (χ1n) is 6.52. The zero-order chi connectivity index (χ0) is 13.9. The first-order chi connectivity index (χ1) is 9.03. The first kappa shape index (κ1) is 14.5. The molecular formula is C13H21N3O2S. The van der Waals surface area contributed by atoms with Crippen molar-refractivity contribution in [3.05, 3.63) is 29.8 Å². The Kier molecular flexibility index (Phi) is 4.57. The molecule has 1 saturated carbocycles. The van der Waals surface area contributed by atoms with Gasteiger partial charge in [-0.3, -0.25) is 0 Å². The van der Waals surface area contributed by atoms with Crippen LogP contribution in [0.1, 0.15) is 18.4 Å². The molecule has 1 fully saturated rings. The molecule has 0 heterocycles. The van der Waals surface area contributed by atoms with Gasteiger partial charge in [-0.1, -0.05) is 12.1 Å². The Labute approximate surface area is 114 Å². The number of hydrogen-bond donors (Lipinski definition) is 2. The largest absolute Gasteiger partial charge is 0.326 e. The number of hydrogen-bond acceptors (Lipinski definition) is 4. The van der Waals surface area contributed by atoms with Crippen LogP contribution in [-0.2, 0) is 16.6 Å². The van der Waals surface area contributed by atoms with Crippen molar-refractivity contribution >= 4 is 10.0 Å². The molecule has 1 aromatic carbocycles. The predicted octanol–water partition coefficient (Wildman–Crippen LogP) is 0.518. The fourth-order valence-corrected chi connectivity index (χ4v) is 3.07. The lowest BCUT2D eigenvalue weighted by Crippen LogP contribution is -2.34. The van der Waals surface area contributed by atoms with Gasteiger partial charge in [0, 0.05) is 25.7 Å². The Bertz CT molecular complexity index is 526. The van der Waals surface area contributed by atoms with Gasteiger partial charge in [0.05, 0.1) is 4.90 Å². The molecule has 106 valence electrons. The van der Waals surface area contributed by atoms with Crippen LogP contribution in [0.15, 0.2) is 29.2 Å². The Morgan fingerprint density at radius 1 is 1.42 bits per heavy atom. The third kappa shape index (κ3) is 4.01. The third-order valence-corrected chi connectivity index (χ3v) is 4.83. The highest BCUT2D eigenvalue weighted by molar-refractivity contribution is 7.89. The molecule has 2 rings (SSSR count). The van der Waals surface area contributed by atoms with Crippen molar-refractivity contribution in [3.63, 3.8) is 0 Å². The maximum absolute atomic E-state index is 12.1. The average molecular weight is 283 g/mol. The van der Waals surface area contributed by atoms with Crippen LogP contribution in [0, 0.1) is 0 Å². The number of nitrogens with two attached hydrogens (primary N) is 1. The van der Waals surface area contributed by atoms with Gasteiger partial charge in [-0.05, 0) is 37.6 Å². The monoisotopic (exact) mass is 283 g/mol. The van der Waals surface area contributed by atoms with Crippen LogP contribution in [0.2, 0.25) is 0 Å². The summed E-state index contributed by atoms with van der Waals surface area (Å²) in [4.78, 5) is 2.48. The Morgan fingerprint density at radius 2 is 2.16 bits per heavy atom. The molecule has 1 aromatic rings. The fraction of sp³-hybridized carbons (Fsp3) is 0.538. The molecule has 1 aliphatic rings. The topological polar surface area (TPSA) is 75.4 Å². The molecule has 0 radical (unpaired) electrons. The summed E-state index contributed by atoms with van der Waals surface area (Å²) in [5.41, 5.74) is 6.34. The molecule has 5 nitrogen and oxygen atoms in total. The van der Waals surface area contributed by atoms with Crippen molar-refractivity contribution in [2.45, 2.75) is 30.3 Å². The number of sulfonamides is 1. The second-order valence-electron chi connectivity index (χ2n) is 4.96. The summed E-state index contributed by atoms with van der Waals surface area (Å²) in [5, 5.41) is 0. The molecule has 0 atom stereocenters. The van der Waals surface area contributed by atoms with Crippen LogP contribution in [0.4, 0.5) is 0 Å². The van der Waals surface area contributed by atoms with Gasteiger partial charge >= 0.3 is 0 Å². The summed E-state index contributed by atoms with van der Waals surface area (Å²) >= 11 is 0. The lowest BCUT2D eigenvalue weighted by Gasteiger charge is -2.15. The summed E-state index contributed by atoms with van der Waals surface area (Å²) in [7, 11) is -1.40. The van der Waals surface area contributed by atoms with E-state index >= 15 is 0 Å². The van der Waals surface area contributed by atoms with Crippen LogP contribution in [0.3, 0.4) is 0 Å². The highest BCUT2D eigenvalue weighted by atomic mass is 32.2. The van der Waals surface area contributed by atoms with E-state index in [0.29, 0.717) is 19.1 Å². The van der Waals surface area contributed by atoms with Crippen molar-refractivity contribution in [3.8, 4) is 0 Å². The molecule has 6 heteroatoms. The van der Waals surface area contributed by atoms with Crippen molar-refractivity contribution in [2.75, 3.05) is 20.1 Å². The van der Waals surface area contributed by atoms with E-state index in [2.05, 4.69) is 9.62 Å². The van der Waals surface area contributed by atoms with Crippen LogP contribution in [0.5, 0.6) is 0 Å². The highest BCUT2D eigenvalue weighted by Gasteiger charge is 2.25. The number of benzene rings is 1. The summed E-state index contributed by atoms with van der Waals surface area (Å²) in [6.45, 7) is 1.51. The standard InChI is InChI=1S/C13H21N3O2S/c1-16(12-5-6-12)8-7-15-19(17,18)13-4-2-3-11(9-13)10-14/h2-4,9,12,15H,5-8,10,14H2,1H3. The number of likely N-dealkylation sites (N-methyl/N-ethyl adjacent to an activating group) is 1. The second kappa shape index (κ2) is 6.00. The lowest BCUT2D eigenvalue weighted by molar-refractivity contribution is 0.329. The lowest BCUT2D eigenvalue weighted by atomic mass is 10.2.